The molecule has 0 aliphatic carbocycles. The van der Waals surface area contributed by atoms with Gasteiger partial charge in [-0.25, -0.2) is 4.39 Å². The fourth-order valence-corrected chi connectivity index (χ4v) is 1.10. The van der Waals surface area contributed by atoms with Crippen molar-refractivity contribution in [2.75, 3.05) is 0 Å². The van der Waals surface area contributed by atoms with E-state index in [4.69, 9.17) is 0 Å². The number of nitrogens with zero attached hydrogens (tertiary/aromatic N) is 1. The summed E-state index contributed by atoms with van der Waals surface area (Å²) in [6.45, 7) is 7.43. The fourth-order valence-electron chi connectivity index (χ4n) is 1.10. The molecule has 0 saturated carbocycles. The van der Waals surface area contributed by atoms with E-state index in [1.165, 1.54) is 12.1 Å². The van der Waals surface area contributed by atoms with Crippen LogP contribution in [0.3, 0.4) is 0 Å². The van der Waals surface area contributed by atoms with Gasteiger partial charge < -0.3 is 0 Å². The zero-order valence-electron chi connectivity index (χ0n) is 7.84. The topological polar surface area (TPSA) is 12.4 Å². The molecule has 13 heavy (non-hydrogen) atoms. The quantitative estimate of drug-likeness (QED) is 0.612. The molecule has 2 heteroatoms. The molecular weight excluding hydrogens is 165 g/mol. The summed E-state index contributed by atoms with van der Waals surface area (Å²) < 4.78 is 12.9. The van der Waals surface area contributed by atoms with Crippen molar-refractivity contribution in [3.8, 4) is 0 Å². The second kappa shape index (κ2) is 3.99. The third kappa shape index (κ3) is 2.25. The first-order chi connectivity index (χ1) is 6.15. The van der Waals surface area contributed by atoms with Crippen LogP contribution in [0.5, 0.6) is 0 Å². The molecule has 0 radical (unpaired) electrons. The fraction of sp³-hybridized carbons (Fsp3) is 0.182. The van der Waals surface area contributed by atoms with E-state index < -0.39 is 0 Å². The van der Waals surface area contributed by atoms with Gasteiger partial charge in [-0.1, -0.05) is 6.58 Å². The second-order valence-electron chi connectivity index (χ2n) is 2.83. The van der Waals surface area contributed by atoms with E-state index in [0.717, 1.165) is 16.8 Å². The standard InChI is InChI=1S/C11H12FN/c1-4-13-11-6-5-9(12)7-10(11)8(2)3/h4-7H,2H2,1,3H3. The van der Waals surface area contributed by atoms with Gasteiger partial charge in [0.05, 0.1) is 5.69 Å². The van der Waals surface area contributed by atoms with Gasteiger partial charge in [-0.05, 0) is 37.6 Å². The van der Waals surface area contributed by atoms with Gasteiger partial charge in [0.25, 0.3) is 0 Å². The van der Waals surface area contributed by atoms with E-state index in [2.05, 4.69) is 11.6 Å². The van der Waals surface area contributed by atoms with Crippen LogP contribution in [-0.2, 0) is 0 Å². The Morgan fingerprint density at radius 2 is 2.23 bits per heavy atom. The number of rotatable bonds is 2. The normalized spacial score (nSPS) is 10.7. The summed E-state index contributed by atoms with van der Waals surface area (Å²) in [5, 5.41) is 0. The van der Waals surface area contributed by atoms with Crippen LogP contribution in [0, 0.1) is 5.82 Å². The van der Waals surface area contributed by atoms with Gasteiger partial charge in [0.15, 0.2) is 0 Å². The maximum absolute atomic E-state index is 12.9. The number of halogens is 1. The molecule has 0 saturated heterocycles. The third-order valence-electron chi connectivity index (χ3n) is 1.69. The molecule has 1 aromatic rings. The van der Waals surface area contributed by atoms with Gasteiger partial charge in [0.2, 0.25) is 0 Å². The number of hydrogen-bond acceptors (Lipinski definition) is 1. The molecule has 0 aliphatic rings. The lowest BCUT2D eigenvalue weighted by atomic mass is 10.1. The minimum absolute atomic E-state index is 0.256. The summed E-state index contributed by atoms with van der Waals surface area (Å²) in [4.78, 5) is 4.12. The van der Waals surface area contributed by atoms with Crippen LogP contribution < -0.4 is 0 Å². The Balaban J connectivity index is 3.26. The number of hydrogen-bond donors (Lipinski definition) is 0. The summed E-state index contributed by atoms with van der Waals surface area (Å²) in [6.07, 6.45) is 1.68. The molecule has 0 spiro atoms. The molecule has 0 aliphatic heterocycles. The average molecular weight is 177 g/mol. The van der Waals surface area contributed by atoms with Crippen LogP contribution >= 0.6 is 0 Å². The highest BCUT2D eigenvalue weighted by Crippen LogP contribution is 2.25. The molecule has 0 aromatic heterocycles. The monoisotopic (exact) mass is 177 g/mol. The van der Waals surface area contributed by atoms with Crippen molar-refractivity contribution in [1.29, 1.82) is 0 Å². The number of allylic oxidation sites excluding steroid dienone is 1. The Hall–Kier alpha value is -1.44. The molecule has 0 bridgehead atoms. The van der Waals surface area contributed by atoms with Crippen LogP contribution in [0.4, 0.5) is 10.1 Å². The summed E-state index contributed by atoms with van der Waals surface area (Å²) in [5.74, 6) is -0.256. The van der Waals surface area contributed by atoms with Crippen molar-refractivity contribution in [2.45, 2.75) is 13.8 Å². The van der Waals surface area contributed by atoms with Crippen molar-refractivity contribution < 1.29 is 4.39 Å². The first-order valence-electron chi connectivity index (χ1n) is 4.09. The molecule has 0 unspecified atom stereocenters. The maximum Gasteiger partial charge on any atom is 0.123 e. The van der Waals surface area contributed by atoms with Crippen molar-refractivity contribution in [2.24, 2.45) is 4.99 Å². The highest BCUT2D eigenvalue weighted by atomic mass is 19.1. The van der Waals surface area contributed by atoms with E-state index >= 15 is 0 Å². The second-order valence-corrected chi connectivity index (χ2v) is 2.83. The Bertz CT molecular complexity index is 353. The van der Waals surface area contributed by atoms with Crippen molar-refractivity contribution in [1.82, 2.24) is 0 Å². The summed E-state index contributed by atoms with van der Waals surface area (Å²) in [7, 11) is 0. The Kier molecular flexibility index (Phi) is 2.96. The van der Waals surface area contributed by atoms with E-state index in [1.807, 2.05) is 13.8 Å². The van der Waals surface area contributed by atoms with Gasteiger partial charge in [-0.15, -0.1) is 0 Å². The zero-order valence-corrected chi connectivity index (χ0v) is 7.84. The lowest BCUT2D eigenvalue weighted by molar-refractivity contribution is 0.627. The molecule has 1 aromatic carbocycles. The third-order valence-corrected chi connectivity index (χ3v) is 1.69. The van der Waals surface area contributed by atoms with Crippen LogP contribution in [0.15, 0.2) is 29.8 Å². The first-order valence-corrected chi connectivity index (χ1v) is 4.09. The van der Waals surface area contributed by atoms with Crippen LogP contribution in [0.1, 0.15) is 19.4 Å². The van der Waals surface area contributed by atoms with Crippen LogP contribution in [-0.4, -0.2) is 6.21 Å². The van der Waals surface area contributed by atoms with Crippen LogP contribution in [0.2, 0.25) is 0 Å². The Labute approximate surface area is 77.6 Å². The van der Waals surface area contributed by atoms with E-state index in [0.29, 0.717) is 0 Å². The Morgan fingerprint density at radius 3 is 2.77 bits per heavy atom. The average Bonchev–Trinajstić information content (AvgIpc) is 2.08. The molecule has 1 rings (SSSR count). The Morgan fingerprint density at radius 1 is 1.54 bits per heavy atom. The highest BCUT2D eigenvalue weighted by Gasteiger charge is 2.02. The maximum atomic E-state index is 12.9. The summed E-state index contributed by atoms with van der Waals surface area (Å²) in [5.41, 5.74) is 2.34. The smallest absolute Gasteiger partial charge is 0.123 e. The van der Waals surface area contributed by atoms with Gasteiger partial charge in [0.1, 0.15) is 5.82 Å². The predicted octanol–water partition coefficient (Wildman–Crippen LogP) is 3.58. The van der Waals surface area contributed by atoms with Crippen LogP contribution in [0.25, 0.3) is 5.57 Å². The van der Waals surface area contributed by atoms with Crippen molar-refractivity contribution >= 4 is 17.5 Å². The van der Waals surface area contributed by atoms with Gasteiger partial charge in [0, 0.05) is 11.8 Å². The largest absolute Gasteiger partial charge is 0.261 e. The predicted molar refractivity (Wildman–Crippen MR) is 54.9 cm³/mol. The summed E-state index contributed by atoms with van der Waals surface area (Å²) >= 11 is 0. The minimum atomic E-state index is -0.256. The summed E-state index contributed by atoms with van der Waals surface area (Å²) in [6, 6.07) is 4.50. The molecule has 0 amide bonds. The zero-order chi connectivity index (χ0) is 9.84. The molecule has 68 valence electrons. The van der Waals surface area contributed by atoms with Gasteiger partial charge in [-0.2, -0.15) is 0 Å². The van der Waals surface area contributed by atoms with E-state index in [1.54, 1.807) is 12.3 Å². The molecule has 0 fully saturated rings. The minimum Gasteiger partial charge on any atom is -0.261 e. The van der Waals surface area contributed by atoms with Crippen molar-refractivity contribution in [3.05, 3.63) is 36.2 Å². The lowest BCUT2D eigenvalue weighted by Gasteiger charge is -2.04. The molecule has 0 heterocycles. The number of benzene rings is 1. The highest BCUT2D eigenvalue weighted by molar-refractivity contribution is 5.74. The first kappa shape index (κ1) is 9.65. The molecular formula is C11H12FN. The number of aliphatic imine (C=N–C) groups is 1. The molecule has 0 N–H and O–H groups in total. The van der Waals surface area contributed by atoms with Gasteiger partial charge >= 0.3 is 0 Å². The van der Waals surface area contributed by atoms with Gasteiger partial charge in [-0.3, -0.25) is 4.99 Å². The van der Waals surface area contributed by atoms with E-state index in [-0.39, 0.29) is 5.82 Å². The van der Waals surface area contributed by atoms with Crippen molar-refractivity contribution in [3.63, 3.8) is 0 Å². The lowest BCUT2D eigenvalue weighted by Crippen LogP contribution is -1.82. The molecule has 1 nitrogen and oxygen atoms in total. The molecule has 0 atom stereocenters. The SMILES string of the molecule is C=C(C)c1cc(F)ccc1N=CC. The van der Waals surface area contributed by atoms with E-state index in [9.17, 15) is 4.39 Å².